The predicted octanol–water partition coefficient (Wildman–Crippen LogP) is 0.660. The Morgan fingerprint density at radius 3 is 2.48 bits per heavy atom. The summed E-state index contributed by atoms with van der Waals surface area (Å²) in [7, 11) is -3.35. The quantitative estimate of drug-likeness (QED) is 0.792. The van der Waals surface area contributed by atoms with Crippen molar-refractivity contribution in [2.75, 3.05) is 38.5 Å². The van der Waals surface area contributed by atoms with Crippen molar-refractivity contribution >= 4 is 15.9 Å². The predicted molar refractivity (Wildman–Crippen MR) is 90.4 cm³/mol. The minimum absolute atomic E-state index is 0.0347. The maximum Gasteiger partial charge on any atom is 0.223 e. The largest absolute Gasteiger partial charge is 0.339 e. The fraction of sp³-hybridized carbons (Fsp3) is 0.562. The van der Waals surface area contributed by atoms with Gasteiger partial charge in [-0.2, -0.15) is 4.31 Å². The smallest absolute Gasteiger partial charge is 0.223 e. The van der Waals surface area contributed by atoms with Gasteiger partial charge in [0.2, 0.25) is 15.9 Å². The second-order valence-corrected chi connectivity index (χ2v) is 7.70. The summed E-state index contributed by atoms with van der Waals surface area (Å²) < 4.78 is 26.0. The first-order valence-corrected chi connectivity index (χ1v) is 9.64. The molecule has 1 aliphatic rings. The summed E-state index contributed by atoms with van der Waals surface area (Å²) >= 11 is 0. The van der Waals surface area contributed by atoms with E-state index in [-0.39, 0.29) is 18.1 Å². The first-order chi connectivity index (χ1) is 11.0. The van der Waals surface area contributed by atoms with E-state index in [4.69, 9.17) is 0 Å². The third-order valence-electron chi connectivity index (χ3n) is 3.99. The standard InChI is InChI=1S/C16H25N3O3S/c1-2-18(14-15-6-4-3-5-7-15)16(20)8-13-23(21,22)19-11-9-17-10-12-19/h3-7,17H,2,8-14H2,1H3. The van der Waals surface area contributed by atoms with Gasteiger partial charge in [0, 0.05) is 45.7 Å². The van der Waals surface area contributed by atoms with Crippen LogP contribution in [-0.4, -0.2) is 62.0 Å². The van der Waals surface area contributed by atoms with Crippen molar-refractivity contribution < 1.29 is 13.2 Å². The molecule has 23 heavy (non-hydrogen) atoms. The summed E-state index contributed by atoms with van der Waals surface area (Å²) in [6.45, 7) is 5.30. The van der Waals surface area contributed by atoms with Gasteiger partial charge < -0.3 is 10.2 Å². The zero-order valence-electron chi connectivity index (χ0n) is 13.6. The molecule has 0 atom stereocenters. The van der Waals surface area contributed by atoms with Gasteiger partial charge in [0.1, 0.15) is 0 Å². The number of hydrogen-bond acceptors (Lipinski definition) is 4. The normalized spacial score (nSPS) is 16.2. The minimum Gasteiger partial charge on any atom is -0.339 e. The van der Waals surface area contributed by atoms with E-state index < -0.39 is 10.0 Å². The molecule has 1 aromatic carbocycles. The van der Waals surface area contributed by atoms with Gasteiger partial charge >= 0.3 is 0 Å². The first kappa shape index (κ1) is 17.9. The minimum atomic E-state index is -3.35. The average molecular weight is 339 g/mol. The van der Waals surface area contributed by atoms with Crippen LogP contribution in [0.3, 0.4) is 0 Å². The van der Waals surface area contributed by atoms with Crippen LogP contribution in [0.15, 0.2) is 30.3 Å². The molecule has 2 rings (SSSR count). The molecule has 0 spiro atoms. The third-order valence-corrected chi connectivity index (χ3v) is 5.87. The van der Waals surface area contributed by atoms with Crippen LogP contribution < -0.4 is 5.32 Å². The van der Waals surface area contributed by atoms with Crippen LogP contribution in [-0.2, 0) is 21.4 Å². The molecule has 1 aliphatic heterocycles. The van der Waals surface area contributed by atoms with Gasteiger partial charge in [0.05, 0.1) is 5.75 Å². The average Bonchev–Trinajstić information content (AvgIpc) is 2.59. The molecular formula is C16H25N3O3S. The highest BCUT2D eigenvalue weighted by molar-refractivity contribution is 7.89. The SMILES string of the molecule is CCN(Cc1ccccc1)C(=O)CCS(=O)(=O)N1CCNCC1. The molecule has 1 fully saturated rings. The van der Waals surface area contributed by atoms with Gasteiger partial charge in [0.15, 0.2) is 0 Å². The van der Waals surface area contributed by atoms with Crippen molar-refractivity contribution in [2.24, 2.45) is 0 Å². The van der Waals surface area contributed by atoms with Crippen LogP contribution >= 0.6 is 0 Å². The van der Waals surface area contributed by atoms with Crippen molar-refractivity contribution in [2.45, 2.75) is 19.9 Å². The van der Waals surface area contributed by atoms with Crippen molar-refractivity contribution in [1.29, 1.82) is 0 Å². The Bertz CT molecular complexity index is 598. The Labute approximate surface area is 138 Å². The molecule has 1 amide bonds. The summed E-state index contributed by atoms with van der Waals surface area (Å²) in [5.74, 6) is -0.230. The highest BCUT2D eigenvalue weighted by atomic mass is 32.2. The molecule has 1 saturated heterocycles. The summed E-state index contributed by atoms with van der Waals surface area (Å²) in [4.78, 5) is 14.0. The molecule has 6 nitrogen and oxygen atoms in total. The number of piperazine rings is 1. The molecule has 0 aliphatic carbocycles. The van der Waals surface area contributed by atoms with E-state index in [0.717, 1.165) is 5.56 Å². The van der Waals surface area contributed by atoms with Crippen LogP contribution in [0.4, 0.5) is 0 Å². The van der Waals surface area contributed by atoms with Crippen LogP contribution in [0, 0.1) is 0 Å². The van der Waals surface area contributed by atoms with Crippen LogP contribution in [0.5, 0.6) is 0 Å². The Morgan fingerprint density at radius 1 is 1.22 bits per heavy atom. The zero-order valence-corrected chi connectivity index (χ0v) is 14.4. The monoisotopic (exact) mass is 339 g/mol. The van der Waals surface area contributed by atoms with E-state index in [1.807, 2.05) is 37.3 Å². The van der Waals surface area contributed by atoms with Gasteiger partial charge in [-0.1, -0.05) is 30.3 Å². The lowest BCUT2D eigenvalue weighted by molar-refractivity contribution is -0.131. The topological polar surface area (TPSA) is 69.7 Å². The fourth-order valence-electron chi connectivity index (χ4n) is 2.61. The molecule has 0 bridgehead atoms. The highest BCUT2D eigenvalue weighted by Gasteiger charge is 2.25. The molecule has 0 aromatic heterocycles. The molecule has 0 radical (unpaired) electrons. The molecule has 0 unspecified atom stereocenters. The molecule has 128 valence electrons. The third kappa shape index (κ3) is 5.30. The van der Waals surface area contributed by atoms with Crippen molar-refractivity contribution in [1.82, 2.24) is 14.5 Å². The summed E-state index contributed by atoms with van der Waals surface area (Å²) in [5.41, 5.74) is 1.05. The number of nitrogens with zero attached hydrogens (tertiary/aromatic N) is 2. The lowest BCUT2D eigenvalue weighted by Gasteiger charge is -2.27. The Kier molecular flexibility index (Phi) is 6.56. The molecule has 1 heterocycles. The Balaban J connectivity index is 1.89. The van der Waals surface area contributed by atoms with Gasteiger partial charge in [-0.3, -0.25) is 4.79 Å². The number of carbonyl (C=O) groups is 1. The first-order valence-electron chi connectivity index (χ1n) is 8.03. The number of amides is 1. The summed E-state index contributed by atoms with van der Waals surface area (Å²) in [6, 6.07) is 9.73. The molecular weight excluding hydrogens is 314 g/mol. The Morgan fingerprint density at radius 2 is 1.87 bits per heavy atom. The molecule has 1 N–H and O–H groups in total. The molecule has 1 aromatic rings. The number of hydrogen-bond donors (Lipinski definition) is 1. The maximum atomic E-state index is 12.3. The highest BCUT2D eigenvalue weighted by Crippen LogP contribution is 2.09. The lowest BCUT2D eigenvalue weighted by Crippen LogP contribution is -2.47. The number of carbonyl (C=O) groups excluding carboxylic acids is 1. The summed E-state index contributed by atoms with van der Waals surface area (Å²) in [5, 5.41) is 3.13. The maximum absolute atomic E-state index is 12.3. The van der Waals surface area contributed by atoms with E-state index in [2.05, 4.69) is 5.32 Å². The number of benzene rings is 1. The van der Waals surface area contributed by atoms with Crippen LogP contribution in [0.1, 0.15) is 18.9 Å². The van der Waals surface area contributed by atoms with Gasteiger partial charge in [-0.25, -0.2) is 8.42 Å². The zero-order chi connectivity index (χ0) is 16.7. The lowest BCUT2D eigenvalue weighted by atomic mass is 10.2. The van der Waals surface area contributed by atoms with E-state index >= 15 is 0 Å². The van der Waals surface area contributed by atoms with E-state index in [1.165, 1.54) is 4.31 Å². The van der Waals surface area contributed by atoms with Gasteiger partial charge in [-0.15, -0.1) is 0 Å². The van der Waals surface area contributed by atoms with Crippen LogP contribution in [0.2, 0.25) is 0 Å². The van der Waals surface area contributed by atoms with E-state index in [1.54, 1.807) is 4.90 Å². The van der Waals surface area contributed by atoms with Crippen molar-refractivity contribution in [3.05, 3.63) is 35.9 Å². The summed E-state index contributed by atoms with van der Waals surface area (Å²) in [6.07, 6.45) is 0.0347. The van der Waals surface area contributed by atoms with Crippen LogP contribution in [0.25, 0.3) is 0 Å². The van der Waals surface area contributed by atoms with Crippen molar-refractivity contribution in [3.8, 4) is 0 Å². The number of rotatable bonds is 7. The van der Waals surface area contributed by atoms with Gasteiger partial charge in [-0.05, 0) is 12.5 Å². The number of sulfonamides is 1. The fourth-order valence-corrected chi connectivity index (χ4v) is 4.04. The van der Waals surface area contributed by atoms with E-state index in [9.17, 15) is 13.2 Å². The van der Waals surface area contributed by atoms with Crippen molar-refractivity contribution in [3.63, 3.8) is 0 Å². The Hall–Kier alpha value is -1.44. The number of nitrogens with one attached hydrogen (secondary N) is 1. The second-order valence-electron chi connectivity index (χ2n) is 5.61. The van der Waals surface area contributed by atoms with Gasteiger partial charge in [0.25, 0.3) is 0 Å². The van der Waals surface area contributed by atoms with E-state index in [0.29, 0.717) is 39.3 Å². The molecule has 0 saturated carbocycles. The molecule has 7 heteroatoms. The second kappa shape index (κ2) is 8.42.